The number of carbonyl (C=O) groups is 5. The molecule has 1 saturated carbocycles. The van der Waals surface area contributed by atoms with Crippen LogP contribution < -0.4 is 21.1 Å². The Morgan fingerprint density at radius 3 is 1.98 bits per heavy atom. The van der Waals surface area contributed by atoms with Crippen LogP contribution in [-0.2, 0) is 49.9 Å². The van der Waals surface area contributed by atoms with Crippen molar-refractivity contribution >= 4 is 45.2 Å². The van der Waals surface area contributed by atoms with E-state index < -0.39 is 75.4 Å². The molecule has 2 aliphatic rings. The Labute approximate surface area is 358 Å². The molecule has 17 heteroatoms. The number of carbonyl (C=O) groups excluding carboxylic acids is 5. The van der Waals surface area contributed by atoms with E-state index >= 15 is 0 Å². The van der Waals surface area contributed by atoms with Gasteiger partial charge >= 0.3 is 0 Å². The number of nitrogen functional groups attached to an aromatic ring is 1. The molecule has 0 spiro atoms. The Balaban J connectivity index is 1.81. The number of likely N-dealkylation sites (tertiary alicyclic amines) is 1. The van der Waals surface area contributed by atoms with E-state index in [1.807, 2.05) is 60.5 Å². The van der Waals surface area contributed by atoms with Crippen molar-refractivity contribution in [3.63, 3.8) is 0 Å². The van der Waals surface area contributed by atoms with Gasteiger partial charge in [-0.15, -0.1) is 0 Å². The Morgan fingerprint density at radius 1 is 0.867 bits per heavy atom. The SMILES string of the molecule is CC[C@H](C)[C@@H]([C@@H](CC(=O)N1CCC[C@H]1[C@H](OC)[C@@H](C)C(=O)N[C@@H](Cc1ccc(N)cc1)C(=O)NS(=O)(=O)C1CC1)OC)N(C)C(=O)[C@@H](NC(=O)[C@H](C(C)C)N(C)C)C(C)C. The summed E-state index contributed by atoms with van der Waals surface area (Å²) in [6, 6.07) is 3.29. The summed E-state index contributed by atoms with van der Waals surface area (Å²) in [6.45, 7) is 13.8. The summed E-state index contributed by atoms with van der Waals surface area (Å²) in [6.07, 6.45) is 1.35. The number of amides is 5. The molecule has 9 atom stereocenters. The molecule has 5 N–H and O–H groups in total. The highest BCUT2D eigenvalue weighted by molar-refractivity contribution is 7.90. The van der Waals surface area contributed by atoms with E-state index in [1.54, 1.807) is 48.0 Å². The lowest BCUT2D eigenvalue weighted by molar-refractivity contribution is -0.148. The molecule has 1 aromatic carbocycles. The topological polar surface area (TPSA) is 210 Å². The first-order valence-corrected chi connectivity index (χ1v) is 22.9. The van der Waals surface area contributed by atoms with Crippen LogP contribution in [0.15, 0.2) is 24.3 Å². The average molecular weight is 864 g/mol. The lowest BCUT2D eigenvalue weighted by Gasteiger charge is -2.41. The smallest absolute Gasteiger partial charge is 0.256 e. The van der Waals surface area contributed by atoms with E-state index in [0.717, 1.165) is 0 Å². The van der Waals surface area contributed by atoms with E-state index in [9.17, 15) is 32.4 Å². The summed E-state index contributed by atoms with van der Waals surface area (Å²) in [5.41, 5.74) is 7.03. The number of hydrogen-bond donors (Lipinski definition) is 4. The fourth-order valence-electron chi connectivity index (χ4n) is 8.49. The molecule has 1 aliphatic carbocycles. The number of hydrogen-bond acceptors (Lipinski definition) is 11. The van der Waals surface area contributed by atoms with E-state index in [4.69, 9.17) is 15.2 Å². The molecule has 0 unspecified atom stereocenters. The third kappa shape index (κ3) is 13.1. The molecule has 3 rings (SSSR count). The molecule has 5 amide bonds. The van der Waals surface area contributed by atoms with Crippen LogP contribution in [0.3, 0.4) is 0 Å². The van der Waals surface area contributed by atoms with Gasteiger partial charge in [0, 0.05) is 39.9 Å². The zero-order valence-electron chi connectivity index (χ0n) is 37.9. The standard InChI is InChI=1S/C43H73N7O9S/c1-13-27(6)38(49(10)43(55)36(25(2)3)46-42(54)37(26(4)5)48(8)9)34(58-11)24-35(51)50-22-14-15-33(50)39(59-12)28(7)40(52)45-32(23-29-16-18-30(44)19-17-29)41(53)47-60(56,57)31-20-21-31/h16-19,25-28,31-34,36-39H,13-15,20-24,44H2,1-12H3,(H,45,52)(H,46,54)(H,47,53)/t27-,28+,32-,33-,34+,36-,37-,38-,39+/m0/s1. The Bertz CT molecular complexity index is 1710. The van der Waals surface area contributed by atoms with E-state index in [-0.39, 0.29) is 48.3 Å². The van der Waals surface area contributed by atoms with E-state index in [0.29, 0.717) is 49.9 Å². The normalized spacial score (nSPS) is 19.9. The molecule has 1 heterocycles. The number of rotatable bonds is 23. The van der Waals surface area contributed by atoms with Crippen molar-refractivity contribution in [2.75, 3.05) is 47.6 Å². The zero-order valence-corrected chi connectivity index (χ0v) is 38.7. The van der Waals surface area contributed by atoms with Gasteiger partial charge in [0.25, 0.3) is 5.91 Å². The van der Waals surface area contributed by atoms with Crippen molar-refractivity contribution in [3.05, 3.63) is 29.8 Å². The van der Waals surface area contributed by atoms with Crippen molar-refractivity contribution in [2.24, 2.45) is 23.7 Å². The van der Waals surface area contributed by atoms with Crippen molar-refractivity contribution in [3.8, 4) is 0 Å². The minimum absolute atomic E-state index is 0.0159. The largest absolute Gasteiger partial charge is 0.399 e. The molecular weight excluding hydrogens is 791 g/mol. The molecular formula is C43H73N7O9S. The summed E-state index contributed by atoms with van der Waals surface area (Å²) < 4.78 is 39.5. The number of nitrogens with one attached hydrogen (secondary N) is 3. The summed E-state index contributed by atoms with van der Waals surface area (Å²) in [5, 5.41) is 5.16. The maximum absolute atomic E-state index is 14.3. The quantitative estimate of drug-likeness (QED) is 0.118. The summed E-state index contributed by atoms with van der Waals surface area (Å²) in [4.78, 5) is 74.7. The Hall–Kier alpha value is -3.80. The highest BCUT2D eigenvalue weighted by Gasteiger charge is 2.44. The van der Waals surface area contributed by atoms with Crippen LogP contribution >= 0.6 is 0 Å². The highest BCUT2D eigenvalue weighted by Crippen LogP contribution is 2.30. The monoisotopic (exact) mass is 864 g/mol. The average Bonchev–Trinajstić information content (AvgIpc) is 3.95. The second-order valence-corrected chi connectivity index (χ2v) is 19.7. The van der Waals surface area contributed by atoms with Crippen LogP contribution in [0.1, 0.15) is 92.6 Å². The first-order valence-electron chi connectivity index (χ1n) is 21.4. The molecule has 60 heavy (non-hydrogen) atoms. The minimum atomic E-state index is -3.89. The van der Waals surface area contributed by atoms with Gasteiger partial charge in [-0.1, -0.05) is 67.0 Å². The molecule has 0 bridgehead atoms. The van der Waals surface area contributed by atoms with Gasteiger partial charge in [-0.2, -0.15) is 0 Å². The maximum Gasteiger partial charge on any atom is 0.256 e. The number of sulfonamides is 1. The van der Waals surface area contributed by atoms with Gasteiger partial charge < -0.3 is 35.6 Å². The van der Waals surface area contributed by atoms with Crippen molar-refractivity contribution < 1.29 is 41.9 Å². The summed E-state index contributed by atoms with van der Waals surface area (Å²) in [5.74, 6) is -3.23. The van der Waals surface area contributed by atoms with Gasteiger partial charge in [-0.05, 0) is 75.2 Å². The van der Waals surface area contributed by atoms with Crippen molar-refractivity contribution in [2.45, 2.75) is 141 Å². The minimum Gasteiger partial charge on any atom is -0.399 e. The third-order valence-corrected chi connectivity index (χ3v) is 14.0. The number of benzene rings is 1. The fourth-order valence-corrected chi connectivity index (χ4v) is 9.83. The second kappa shape index (κ2) is 22.3. The molecule has 1 saturated heterocycles. The van der Waals surface area contributed by atoms with Gasteiger partial charge in [-0.3, -0.25) is 33.6 Å². The van der Waals surface area contributed by atoms with E-state index in [1.165, 1.54) is 14.2 Å². The van der Waals surface area contributed by atoms with Crippen molar-refractivity contribution in [1.82, 2.24) is 30.1 Å². The van der Waals surface area contributed by atoms with Gasteiger partial charge in [0.05, 0.1) is 47.9 Å². The molecule has 2 fully saturated rings. The number of ether oxygens (including phenoxy) is 2. The third-order valence-electron chi connectivity index (χ3n) is 12.2. The van der Waals surface area contributed by atoms with Gasteiger partial charge in [-0.25, -0.2) is 8.42 Å². The zero-order chi connectivity index (χ0) is 45.2. The van der Waals surface area contributed by atoms with Crippen molar-refractivity contribution in [1.29, 1.82) is 0 Å². The first-order chi connectivity index (χ1) is 28.1. The number of nitrogens with zero attached hydrogens (tertiary/aromatic N) is 3. The molecule has 1 aromatic rings. The summed E-state index contributed by atoms with van der Waals surface area (Å²) >= 11 is 0. The number of likely N-dealkylation sites (N-methyl/N-ethyl adjacent to an activating group) is 2. The fraction of sp³-hybridized carbons (Fsp3) is 0.744. The Morgan fingerprint density at radius 2 is 1.48 bits per heavy atom. The first kappa shape index (κ1) is 50.6. The van der Waals surface area contributed by atoms with Gasteiger partial charge in [0.15, 0.2) is 0 Å². The molecule has 340 valence electrons. The molecule has 0 radical (unpaired) electrons. The lowest BCUT2D eigenvalue weighted by atomic mass is 9.89. The van der Waals surface area contributed by atoms with Crippen LogP contribution in [0.2, 0.25) is 0 Å². The van der Waals surface area contributed by atoms with E-state index in [2.05, 4.69) is 15.4 Å². The summed E-state index contributed by atoms with van der Waals surface area (Å²) in [7, 11) is 4.49. The predicted molar refractivity (Wildman–Crippen MR) is 232 cm³/mol. The van der Waals surface area contributed by atoms with Crippen LogP contribution in [0.5, 0.6) is 0 Å². The number of methoxy groups -OCH3 is 2. The maximum atomic E-state index is 14.3. The molecule has 1 aliphatic heterocycles. The highest BCUT2D eigenvalue weighted by atomic mass is 32.2. The number of anilines is 1. The Kier molecular flexibility index (Phi) is 18.8. The molecule has 16 nitrogen and oxygen atoms in total. The van der Waals surface area contributed by atoms with Gasteiger partial charge in [0.1, 0.15) is 12.1 Å². The number of nitrogens with two attached hydrogens (primary N) is 1. The van der Waals surface area contributed by atoms with Crippen LogP contribution in [0.25, 0.3) is 0 Å². The van der Waals surface area contributed by atoms with Crippen LogP contribution in [0.4, 0.5) is 5.69 Å². The molecule has 0 aromatic heterocycles. The lowest BCUT2D eigenvalue weighted by Crippen LogP contribution is -2.59. The van der Waals surface area contributed by atoms with Crippen LogP contribution in [0, 0.1) is 23.7 Å². The van der Waals surface area contributed by atoms with Gasteiger partial charge in [0.2, 0.25) is 33.7 Å². The second-order valence-electron chi connectivity index (χ2n) is 17.7. The van der Waals surface area contributed by atoms with Crippen LogP contribution in [-0.4, -0.2) is 142 Å². The predicted octanol–water partition coefficient (Wildman–Crippen LogP) is 2.55.